The molecule has 1 heterocycles. The molecule has 0 spiro atoms. The molecule has 0 radical (unpaired) electrons. The van der Waals surface area contributed by atoms with Gasteiger partial charge in [-0.3, -0.25) is 0 Å². The smallest absolute Gasteiger partial charge is 0.336 e. The summed E-state index contributed by atoms with van der Waals surface area (Å²) in [5.41, 5.74) is 3.43. The number of benzene rings is 2. The van der Waals surface area contributed by atoms with Gasteiger partial charge in [-0.25, -0.2) is 9.59 Å². The molecule has 2 atom stereocenters. The van der Waals surface area contributed by atoms with Crippen molar-refractivity contribution in [2.24, 2.45) is 0 Å². The Labute approximate surface area is 163 Å². The van der Waals surface area contributed by atoms with E-state index in [1.165, 1.54) is 0 Å². The van der Waals surface area contributed by atoms with E-state index in [1.54, 1.807) is 60.5 Å². The van der Waals surface area contributed by atoms with Crippen molar-refractivity contribution in [1.82, 2.24) is 4.90 Å². The van der Waals surface area contributed by atoms with E-state index in [0.717, 1.165) is 16.8 Å². The van der Waals surface area contributed by atoms with Crippen LogP contribution >= 0.6 is 0 Å². The average molecular weight is 376 g/mol. The average Bonchev–Trinajstić information content (AvgIpc) is 2.99. The third-order valence-corrected chi connectivity index (χ3v) is 5.23. The predicted octanol–water partition coefficient (Wildman–Crippen LogP) is 3.72. The molecule has 3 rings (SSSR count). The van der Waals surface area contributed by atoms with Crippen LogP contribution < -0.4 is 0 Å². The van der Waals surface area contributed by atoms with E-state index in [2.05, 4.69) is 6.07 Å². The summed E-state index contributed by atoms with van der Waals surface area (Å²) < 4.78 is 0. The standard InChI is InChI=1S/C22H20N2O4/c1-3-18-17(12-23)19(20(22(27)28)24(18)2)14-10-8-13(9-11-14)15-6-4-5-7-16(15)21(25)26/h4-11,19-20H,3H2,1-2H3,(H,25,26)(H,27,28). The lowest BCUT2D eigenvalue weighted by Crippen LogP contribution is -2.37. The second-order valence-electron chi connectivity index (χ2n) is 6.67. The van der Waals surface area contributed by atoms with Crippen LogP contribution in [0.15, 0.2) is 59.8 Å². The quantitative estimate of drug-likeness (QED) is 0.825. The van der Waals surface area contributed by atoms with E-state index in [9.17, 15) is 25.1 Å². The van der Waals surface area contributed by atoms with Gasteiger partial charge in [-0.15, -0.1) is 0 Å². The second-order valence-corrected chi connectivity index (χ2v) is 6.67. The summed E-state index contributed by atoms with van der Waals surface area (Å²) in [6, 6.07) is 15.2. The van der Waals surface area contributed by atoms with Gasteiger partial charge in [0.2, 0.25) is 0 Å². The molecule has 1 aliphatic rings. The Kier molecular flexibility index (Phi) is 5.18. The molecule has 2 N–H and O–H groups in total. The number of allylic oxidation sites excluding steroid dienone is 1. The minimum atomic E-state index is -1.01. The molecule has 28 heavy (non-hydrogen) atoms. The first kappa shape index (κ1) is 19.2. The lowest BCUT2D eigenvalue weighted by atomic mass is 9.86. The van der Waals surface area contributed by atoms with Crippen LogP contribution in [-0.4, -0.2) is 40.1 Å². The highest BCUT2D eigenvalue weighted by Gasteiger charge is 2.43. The lowest BCUT2D eigenvalue weighted by Gasteiger charge is -2.25. The molecule has 0 saturated carbocycles. The minimum Gasteiger partial charge on any atom is -0.480 e. The third kappa shape index (κ3) is 3.12. The Balaban J connectivity index is 2.06. The van der Waals surface area contributed by atoms with E-state index in [-0.39, 0.29) is 5.56 Å². The van der Waals surface area contributed by atoms with Gasteiger partial charge in [-0.2, -0.15) is 5.26 Å². The van der Waals surface area contributed by atoms with Crippen LogP contribution in [0.3, 0.4) is 0 Å². The van der Waals surface area contributed by atoms with E-state index in [0.29, 0.717) is 17.6 Å². The van der Waals surface area contributed by atoms with Gasteiger partial charge in [0.05, 0.1) is 23.1 Å². The maximum Gasteiger partial charge on any atom is 0.336 e. The number of hydrogen-bond acceptors (Lipinski definition) is 4. The highest BCUT2D eigenvalue weighted by Crippen LogP contribution is 2.41. The summed E-state index contributed by atoms with van der Waals surface area (Å²) in [5, 5.41) is 28.8. The minimum absolute atomic E-state index is 0.199. The fraction of sp³-hybridized carbons (Fsp3) is 0.227. The molecule has 2 aromatic rings. The Morgan fingerprint density at radius 1 is 1.11 bits per heavy atom. The summed E-state index contributed by atoms with van der Waals surface area (Å²) in [6.45, 7) is 1.90. The van der Waals surface area contributed by atoms with Crippen LogP contribution in [0.1, 0.15) is 35.2 Å². The molecule has 1 aliphatic heterocycles. The summed E-state index contributed by atoms with van der Waals surface area (Å²) in [6.07, 6.45) is 0.573. The maximum atomic E-state index is 11.9. The number of aromatic carboxylic acids is 1. The van der Waals surface area contributed by atoms with Crippen molar-refractivity contribution >= 4 is 11.9 Å². The Morgan fingerprint density at radius 2 is 1.75 bits per heavy atom. The Morgan fingerprint density at radius 3 is 2.29 bits per heavy atom. The number of nitrogens with zero attached hydrogens (tertiary/aromatic N) is 2. The van der Waals surface area contributed by atoms with Crippen molar-refractivity contribution in [2.75, 3.05) is 7.05 Å². The number of likely N-dealkylation sites (N-methyl/N-ethyl adjacent to an activating group) is 1. The van der Waals surface area contributed by atoms with Crippen molar-refractivity contribution in [3.8, 4) is 17.2 Å². The molecule has 142 valence electrons. The molecule has 2 aromatic carbocycles. The highest BCUT2D eigenvalue weighted by atomic mass is 16.4. The van der Waals surface area contributed by atoms with Crippen molar-refractivity contribution in [1.29, 1.82) is 5.26 Å². The van der Waals surface area contributed by atoms with Gasteiger partial charge in [0, 0.05) is 12.7 Å². The van der Waals surface area contributed by atoms with Crippen molar-refractivity contribution in [2.45, 2.75) is 25.3 Å². The number of hydrogen-bond donors (Lipinski definition) is 2. The number of carboxylic acid groups (broad SMARTS) is 2. The van der Waals surface area contributed by atoms with Gasteiger partial charge in [-0.05, 0) is 29.2 Å². The maximum absolute atomic E-state index is 11.9. The summed E-state index contributed by atoms with van der Waals surface area (Å²) in [7, 11) is 1.70. The van der Waals surface area contributed by atoms with Gasteiger partial charge in [0.1, 0.15) is 6.04 Å². The van der Waals surface area contributed by atoms with Crippen LogP contribution in [0.2, 0.25) is 0 Å². The second kappa shape index (κ2) is 7.57. The Hall–Kier alpha value is -3.59. The molecular formula is C22H20N2O4. The monoisotopic (exact) mass is 376 g/mol. The van der Waals surface area contributed by atoms with Crippen LogP contribution in [0, 0.1) is 11.3 Å². The molecule has 6 heteroatoms. The molecule has 0 aromatic heterocycles. The SMILES string of the molecule is CCC1=C(C#N)C(c2ccc(-c3ccccc3C(=O)O)cc2)C(C(=O)O)N1C. The fourth-order valence-electron chi connectivity index (χ4n) is 3.94. The third-order valence-electron chi connectivity index (χ3n) is 5.23. The van der Waals surface area contributed by atoms with Crippen molar-refractivity contribution < 1.29 is 19.8 Å². The predicted molar refractivity (Wildman–Crippen MR) is 104 cm³/mol. The summed E-state index contributed by atoms with van der Waals surface area (Å²) >= 11 is 0. The van der Waals surface area contributed by atoms with Gasteiger partial charge < -0.3 is 15.1 Å². The first-order valence-corrected chi connectivity index (χ1v) is 8.92. The molecule has 2 unspecified atom stereocenters. The van der Waals surface area contributed by atoms with E-state index >= 15 is 0 Å². The van der Waals surface area contributed by atoms with E-state index < -0.39 is 23.9 Å². The van der Waals surface area contributed by atoms with Crippen LogP contribution in [-0.2, 0) is 4.79 Å². The molecular weight excluding hydrogens is 356 g/mol. The van der Waals surface area contributed by atoms with Gasteiger partial charge in [-0.1, -0.05) is 49.4 Å². The van der Waals surface area contributed by atoms with E-state index in [1.807, 2.05) is 6.92 Å². The summed E-state index contributed by atoms with van der Waals surface area (Å²) in [5.74, 6) is -2.56. The van der Waals surface area contributed by atoms with Crippen molar-refractivity contribution in [3.05, 3.63) is 70.9 Å². The van der Waals surface area contributed by atoms with Crippen LogP contribution in [0.25, 0.3) is 11.1 Å². The number of nitriles is 1. The molecule has 0 fully saturated rings. The zero-order valence-electron chi connectivity index (χ0n) is 15.6. The zero-order chi connectivity index (χ0) is 20.4. The van der Waals surface area contributed by atoms with Crippen molar-refractivity contribution in [3.63, 3.8) is 0 Å². The number of rotatable bonds is 5. The zero-order valence-corrected chi connectivity index (χ0v) is 15.6. The lowest BCUT2D eigenvalue weighted by molar-refractivity contribution is -0.142. The fourth-order valence-corrected chi connectivity index (χ4v) is 3.94. The van der Waals surface area contributed by atoms with Gasteiger partial charge in [0.15, 0.2) is 0 Å². The highest BCUT2D eigenvalue weighted by molar-refractivity contribution is 5.96. The first-order valence-electron chi connectivity index (χ1n) is 8.92. The number of aliphatic carboxylic acids is 1. The largest absolute Gasteiger partial charge is 0.480 e. The van der Waals surface area contributed by atoms with Crippen LogP contribution in [0.4, 0.5) is 0 Å². The normalized spacial score (nSPS) is 18.8. The van der Waals surface area contributed by atoms with E-state index in [4.69, 9.17) is 0 Å². The van der Waals surface area contributed by atoms with Crippen LogP contribution in [0.5, 0.6) is 0 Å². The Bertz CT molecular complexity index is 1000. The molecule has 0 amide bonds. The number of carboxylic acids is 2. The first-order chi connectivity index (χ1) is 13.4. The van der Waals surface area contributed by atoms with Gasteiger partial charge >= 0.3 is 11.9 Å². The molecule has 6 nitrogen and oxygen atoms in total. The topological polar surface area (TPSA) is 102 Å². The molecule has 0 saturated heterocycles. The van der Waals surface area contributed by atoms with Gasteiger partial charge in [0.25, 0.3) is 0 Å². The molecule has 0 bridgehead atoms. The molecule has 0 aliphatic carbocycles. The summed E-state index contributed by atoms with van der Waals surface area (Å²) in [4.78, 5) is 25.0. The number of carbonyl (C=O) groups is 2.